The number of hydrogen-bond acceptors (Lipinski definition) is 1. The summed E-state index contributed by atoms with van der Waals surface area (Å²) in [4.78, 5) is 0. The quantitative estimate of drug-likeness (QED) is 0.775. The molecule has 0 saturated heterocycles. The molecular weight excluding hydrogens is 333 g/mol. The Kier molecular flexibility index (Phi) is 3.14. The van der Waals surface area contributed by atoms with E-state index in [-0.39, 0.29) is 22.9 Å². The minimum Gasteiger partial charge on any atom is -0.380 e. The number of hydrogen-bond donors (Lipinski definition) is 1. The van der Waals surface area contributed by atoms with E-state index in [4.69, 9.17) is 0 Å². The lowest BCUT2D eigenvalue weighted by molar-refractivity contribution is 0.0744. The largest absolute Gasteiger partial charge is 0.380 e. The van der Waals surface area contributed by atoms with Crippen LogP contribution in [0.25, 0.3) is 0 Å². The van der Waals surface area contributed by atoms with Crippen molar-refractivity contribution in [1.82, 2.24) is 0 Å². The van der Waals surface area contributed by atoms with Crippen molar-refractivity contribution in [2.45, 2.75) is 18.4 Å². The second-order valence-corrected chi connectivity index (χ2v) is 5.70. The first-order valence-corrected chi connectivity index (χ1v) is 6.88. The second kappa shape index (κ2) is 4.60. The molecule has 20 heavy (non-hydrogen) atoms. The van der Waals surface area contributed by atoms with E-state index in [1.165, 1.54) is 24.3 Å². The van der Waals surface area contributed by atoms with Gasteiger partial charge < -0.3 is 5.11 Å². The first-order chi connectivity index (χ1) is 9.45. The van der Waals surface area contributed by atoms with Gasteiger partial charge >= 0.3 is 0 Å². The van der Waals surface area contributed by atoms with E-state index < -0.39 is 28.6 Å². The molecule has 2 aromatic carbocycles. The van der Waals surface area contributed by atoms with E-state index in [0.717, 1.165) is 6.07 Å². The fourth-order valence-corrected chi connectivity index (χ4v) is 3.14. The Morgan fingerprint density at radius 1 is 1.05 bits per heavy atom. The highest BCUT2D eigenvalue weighted by atomic mass is 79.9. The van der Waals surface area contributed by atoms with Crippen molar-refractivity contribution in [3.63, 3.8) is 0 Å². The molecule has 0 fully saturated rings. The maximum atomic E-state index is 14.2. The van der Waals surface area contributed by atoms with Crippen LogP contribution in [-0.2, 0) is 12.0 Å². The van der Waals surface area contributed by atoms with Crippen LogP contribution in [0.4, 0.5) is 13.2 Å². The van der Waals surface area contributed by atoms with Crippen LogP contribution in [0.5, 0.6) is 0 Å². The molecule has 1 aliphatic carbocycles. The van der Waals surface area contributed by atoms with Gasteiger partial charge in [0.2, 0.25) is 0 Å². The molecule has 3 rings (SSSR count). The smallest absolute Gasteiger partial charge is 0.146 e. The van der Waals surface area contributed by atoms with Crippen LogP contribution < -0.4 is 0 Å². The molecule has 104 valence electrons. The Bertz CT molecular complexity index is 702. The molecule has 0 aliphatic heterocycles. The molecule has 1 nitrogen and oxygen atoms in total. The fraction of sp³-hybridized carbons (Fsp3) is 0.200. The Balaban J connectivity index is 2.28. The molecule has 0 heterocycles. The van der Waals surface area contributed by atoms with Gasteiger partial charge in [-0.15, -0.1) is 0 Å². The number of fused-ring (bicyclic) bond motifs is 1. The SMILES string of the molecule is OC1(c2c(F)ccc(Br)c2F)CCc2c(F)cccc21. The third-order valence-corrected chi connectivity index (χ3v) is 4.37. The average Bonchev–Trinajstić information content (AvgIpc) is 2.75. The summed E-state index contributed by atoms with van der Waals surface area (Å²) in [6, 6.07) is 6.53. The fourth-order valence-electron chi connectivity index (χ4n) is 2.81. The molecule has 1 aliphatic rings. The highest BCUT2D eigenvalue weighted by Crippen LogP contribution is 2.45. The van der Waals surface area contributed by atoms with E-state index in [0.29, 0.717) is 5.56 Å². The summed E-state index contributed by atoms with van der Waals surface area (Å²) >= 11 is 2.98. The molecular formula is C15H10BrF3O. The molecule has 0 saturated carbocycles. The Hall–Kier alpha value is -1.33. The minimum atomic E-state index is -1.84. The molecule has 0 bridgehead atoms. The van der Waals surface area contributed by atoms with Crippen molar-refractivity contribution in [2.75, 3.05) is 0 Å². The molecule has 2 aromatic rings. The Morgan fingerprint density at radius 2 is 1.80 bits per heavy atom. The van der Waals surface area contributed by atoms with Crippen molar-refractivity contribution in [2.24, 2.45) is 0 Å². The monoisotopic (exact) mass is 342 g/mol. The Labute approximate surface area is 122 Å². The molecule has 5 heteroatoms. The van der Waals surface area contributed by atoms with E-state index in [1.807, 2.05) is 0 Å². The van der Waals surface area contributed by atoms with Gasteiger partial charge in [-0.2, -0.15) is 0 Å². The first-order valence-electron chi connectivity index (χ1n) is 6.09. The molecule has 1 unspecified atom stereocenters. The number of halogens is 4. The minimum absolute atomic E-state index is 0.0492. The summed E-state index contributed by atoms with van der Waals surface area (Å²) in [5.41, 5.74) is -1.73. The molecule has 0 spiro atoms. The summed E-state index contributed by atoms with van der Waals surface area (Å²) in [5, 5.41) is 10.8. The van der Waals surface area contributed by atoms with E-state index in [9.17, 15) is 18.3 Å². The van der Waals surface area contributed by atoms with Gasteiger partial charge in [0.15, 0.2) is 0 Å². The molecule has 1 atom stereocenters. The van der Waals surface area contributed by atoms with Crippen LogP contribution in [0.3, 0.4) is 0 Å². The van der Waals surface area contributed by atoms with Crippen LogP contribution in [0, 0.1) is 17.5 Å². The van der Waals surface area contributed by atoms with Crippen molar-refractivity contribution in [3.05, 3.63) is 68.9 Å². The van der Waals surface area contributed by atoms with E-state index in [1.54, 1.807) is 0 Å². The molecule has 0 amide bonds. The maximum absolute atomic E-state index is 14.2. The summed E-state index contributed by atoms with van der Waals surface area (Å²) in [7, 11) is 0. The highest BCUT2D eigenvalue weighted by Gasteiger charge is 2.43. The third kappa shape index (κ3) is 1.80. The number of benzene rings is 2. The standard InChI is InChI=1S/C15H10BrF3O/c16-10-4-5-12(18)13(14(10)19)15(20)7-6-8-9(15)2-1-3-11(8)17/h1-5,20H,6-7H2. The molecule has 0 radical (unpaired) electrons. The van der Waals surface area contributed by atoms with Crippen molar-refractivity contribution >= 4 is 15.9 Å². The number of rotatable bonds is 1. The lowest BCUT2D eigenvalue weighted by atomic mass is 9.87. The number of aliphatic hydroxyl groups is 1. The van der Waals surface area contributed by atoms with E-state index >= 15 is 0 Å². The summed E-state index contributed by atoms with van der Waals surface area (Å²) in [5.74, 6) is -2.16. The second-order valence-electron chi connectivity index (χ2n) is 4.84. The summed E-state index contributed by atoms with van der Waals surface area (Å²) in [6.45, 7) is 0. The van der Waals surface area contributed by atoms with Gasteiger partial charge in [-0.1, -0.05) is 12.1 Å². The predicted molar refractivity (Wildman–Crippen MR) is 71.8 cm³/mol. The highest BCUT2D eigenvalue weighted by molar-refractivity contribution is 9.10. The van der Waals surface area contributed by atoms with Gasteiger partial charge in [-0.05, 0) is 58.1 Å². The Morgan fingerprint density at radius 3 is 2.55 bits per heavy atom. The van der Waals surface area contributed by atoms with Crippen LogP contribution >= 0.6 is 15.9 Å². The lowest BCUT2D eigenvalue weighted by Gasteiger charge is -2.26. The van der Waals surface area contributed by atoms with Gasteiger partial charge in [0.25, 0.3) is 0 Å². The van der Waals surface area contributed by atoms with Crippen molar-refractivity contribution in [3.8, 4) is 0 Å². The van der Waals surface area contributed by atoms with Crippen molar-refractivity contribution < 1.29 is 18.3 Å². The zero-order chi connectivity index (χ0) is 14.5. The lowest BCUT2D eigenvalue weighted by Crippen LogP contribution is -2.27. The van der Waals surface area contributed by atoms with Gasteiger partial charge in [-0.25, -0.2) is 13.2 Å². The topological polar surface area (TPSA) is 20.2 Å². The summed E-state index contributed by atoms with van der Waals surface area (Å²) in [6.07, 6.45) is 0.289. The van der Waals surface area contributed by atoms with Crippen LogP contribution in [0.1, 0.15) is 23.1 Å². The predicted octanol–water partition coefficient (Wildman–Crippen LogP) is 4.05. The maximum Gasteiger partial charge on any atom is 0.146 e. The molecule has 1 N–H and O–H groups in total. The van der Waals surface area contributed by atoms with Crippen LogP contribution in [0.15, 0.2) is 34.8 Å². The van der Waals surface area contributed by atoms with Gasteiger partial charge in [0.05, 0.1) is 10.0 Å². The average molecular weight is 343 g/mol. The van der Waals surface area contributed by atoms with Crippen LogP contribution in [-0.4, -0.2) is 5.11 Å². The van der Waals surface area contributed by atoms with Gasteiger partial charge in [-0.3, -0.25) is 0 Å². The molecule has 0 aromatic heterocycles. The summed E-state index contributed by atoms with van der Waals surface area (Å²) < 4.78 is 42.0. The van der Waals surface area contributed by atoms with E-state index in [2.05, 4.69) is 15.9 Å². The van der Waals surface area contributed by atoms with Crippen LogP contribution in [0.2, 0.25) is 0 Å². The first kappa shape index (κ1) is 13.6. The zero-order valence-electron chi connectivity index (χ0n) is 10.3. The van der Waals surface area contributed by atoms with Gasteiger partial charge in [0.1, 0.15) is 23.1 Å². The third-order valence-electron chi connectivity index (χ3n) is 3.76. The normalized spacial score (nSPS) is 21.1. The van der Waals surface area contributed by atoms with Crippen molar-refractivity contribution in [1.29, 1.82) is 0 Å². The zero-order valence-corrected chi connectivity index (χ0v) is 11.8. The van der Waals surface area contributed by atoms with Gasteiger partial charge in [0, 0.05) is 0 Å².